The van der Waals surface area contributed by atoms with E-state index < -0.39 is 48.2 Å². The Hall–Kier alpha value is -4.16. The zero-order chi connectivity index (χ0) is 26.0. The molecule has 0 aliphatic carbocycles. The topological polar surface area (TPSA) is 172 Å². The SMILES string of the molecule is Cc1cc2c(cc1C(=O)NC1CCC(=O)N3CCCC(C(=O)NC(C=O)CC(=O)O)N3C1=O)OCO2. The lowest BCUT2D eigenvalue weighted by molar-refractivity contribution is -0.176. The third kappa shape index (κ3) is 4.95. The third-order valence-corrected chi connectivity index (χ3v) is 6.32. The van der Waals surface area contributed by atoms with Crippen LogP contribution in [-0.2, 0) is 24.0 Å². The van der Waals surface area contributed by atoms with Crippen molar-refractivity contribution in [2.45, 2.75) is 57.2 Å². The molecule has 0 spiro atoms. The van der Waals surface area contributed by atoms with Crippen molar-refractivity contribution >= 4 is 35.9 Å². The lowest BCUT2D eigenvalue weighted by Gasteiger charge is -2.43. The van der Waals surface area contributed by atoms with Crippen LogP contribution in [0.2, 0.25) is 0 Å². The van der Waals surface area contributed by atoms with E-state index in [1.54, 1.807) is 13.0 Å². The number of aldehydes is 1. The molecule has 0 saturated carbocycles. The Labute approximate surface area is 205 Å². The molecule has 3 N–H and O–H groups in total. The molecule has 3 aliphatic heterocycles. The Balaban J connectivity index is 1.55. The molecule has 2 saturated heterocycles. The van der Waals surface area contributed by atoms with Crippen LogP contribution in [0.4, 0.5) is 0 Å². The molecule has 3 aliphatic rings. The van der Waals surface area contributed by atoms with Crippen molar-refractivity contribution < 1.29 is 43.3 Å². The van der Waals surface area contributed by atoms with E-state index in [9.17, 15) is 28.8 Å². The number of fused-ring (bicyclic) bond motifs is 2. The summed E-state index contributed by atoms with van der Waals surface area (Å²) in [7, 11) is 0. The first kappa shape index (κ1) is 24.9. The highest BCUT2D eigenvalue weighted by Gasteiger charge is 2.45. The fourth-order valence-electron chi connectivity index (χ4n) is 4.53. The number of ether oxygens (including phenoxy) is 2. The smallest absolute Gasteiger partial charge is 0.305 e. The molecule has 4 rings (SSSR count). The number of carboxylic acids is 1. The molecular weight excluding hydrogens is 476 g/mol. The molecule has 0 bridgehead atoms. The summed E-state index contributed by atoms with van der Waals surface area (Å²) in [4.78, 5) is 74.6. The summed E-state index contributed by atoms with van der Waals surface area (Å²) >= 11 is 0. The second kappa shape index (κ2) is 10.2. The Morgan fingerprint density at radius 2 is 1.92 bits per heavy atom. The van der Waals surface area contributed by atoms with Gasteiger partial charge >= 0.3 is 5.97 Å². The second-order valence-corrected chi connectivity index (χ2v) is 8.79. The van der Waals surface area contributed by atoms with Gasteiger partial charge in [-0.1, -0.05) is 0 Å². The number of aliphatic carboxylic acids is 1. The van der Waals surface area contributed by atoms with E-state index in [4.69, 9.17) is 14.6 Å². The first-order valence-corrected chi connectivity index (χ1v) is 11.5. The van der Waals surface area contributed by atoms with Gasteiger partial charge in [0.1, 0.15) is 18.4 Å². The number of hydrogen-bond acceptors (Lipinski definition) is 8. The van der Waals surface area contributed by atoms with Crippen molar-refractivity contribution in [3.63, 3.8) is 0 Å². The highest BCUT2D eigenvalue weighted by atomic mass is 16.7. The average Bonchev–Trinajstić information content (AvgIpc) is 3.26. The highest BCUT2D eigenvalue weighted by Crippen LogP contribution is 2.34. The predicted octanol–water partition coefficient (Wildman–Crippen LogP) is -0.491. The average molecular weight is 502 g/mol. The van der Waals surface area contributed by atoms with Crippen LogP contribution in [0.25, 0.3) is 0 Å². The van der Waals surface area contributed by atoms with Gasteiger partial charge in [0, 0.05) is 18.5 Å². The van der Waals surface area contributed by atoms with Crippen molar-refractivity contribution in [3.05, 3.63) is 23.3 Å². The molecule has 0 radical (unpaired) electrons. The molecule has 192 valence electrons. The first-order chi connectivity index (χ1) is 17.2. The lowest BCUT2D eigenvalue weighted by Crippen LogP contribution is -2.64. The van der Waals surface area contributed by atoms with E-state index in [1.165, 1.54) is 11.1 Å². The summed E-state index contributed by atoms with van der Waals surface area (Å²) in [5, 5.41) is 16.2. The van der Waals surface area contributed by atoms with Gasteiger partial charge in [-0.15, -0.1) is 0 Å². The van der Waals surface area contributed by atoms with E-state index >= 15 is 0 Å². The Morgan fingerprint density at radius 3 is 2.61 bits per heavy atom. The minimum atomic E-state index is -1.28. The number of nitrogens with zero attached hydrogens (tertiary/aromatic N) is 2. The van der Waals surface area contributed by atoms with Gasteiger partial charge in [-0.05, 0) is 43.9 Å². The molecule has 3 unspecified atom stereocenters. The predicted molar refractivity (Wildman–Crippen MR) is 120 cm³/mol. The number of rotatable bonds is 7. The summed E-state index contributed by atoms with van der Waals surface area (Å²) in [5.41, 5.74) is 0.874. The second-order valence-electron chi connectivity index (χ2n) is 8.79. The van der Waals surface area contributed by atoms with Crippen molar-refractivity contribution in [2.24, 2.45) is 0 Å². The molecule has 2 fully saturated rings. The van der Waals surface area contributed by atoms with Gasteiger partial charge in [-0.25, -0.2) is 5.01 Å². The molecule has 13 nitrogen and oxygen atoms in total. The molecule has 3 atom stereocenters. The summed E-state index contributed by atoms with van der Waals surface area (Å²) in [6, 6.07) is -0.345. The van der Waals surface area contributed by atoms with Gasteiger partial charge in [0.25, 0.3) is 11.8 Å². The van der Waals surface area contributed by atoms with E-state index in [1.807, 2.05) is 0 Å². The van der Waals surface area contributed by atoms with Crippen LogP contribution < -0.4 is 20.1 Å². The van der Waals surface area contributed by atoms with Gasteiger partial charge < -0.3 is 30.0 Å². The lowest BCUT2D eigenvalue weighted by atomic mass is 10.0. The summed E-state index contributed by atoms with van der Waals surface area (Å²) in [5.74, 6) is -2.70. The fourth-order valence-corrected chi connectivity index (χ4v) is 4.53. The van der Waals surface area contributed by atoms with Gasteiger partial charge in [-0.3, -0.25) is 29.0 Å². The van der Waals surface area contributed by atoms with Crippen LogP contribution in [0.1, 0.15) is 48.0 Å². The number of hydrazine groups is 1. The van der Waals surface area contributed by atoms with Crippen LogP contribution in [0.5, 0.6) is 11.5 Å². The normalized spacial score (nSPS) is 21.8. The molecule has 36 heavy (non-hydrogen) atoms. The quantitative estimate of drug-likeness (QED) is 0.416. The van der Waals surface area contributed by atoms with E-state index in [0.717, 1.165) is 5.01 Å². The van der Waals surface area contributed by atoms with Crippen LogP contribution in [0.3, 0.4) is 0 Å². The van der Waals surface area contributed by atoms with Crippen molar-refractivity contribution in [1.82, 2.24) is 20.7 Å². The van der Waals surface area contributed by atoms with Gasteiger partial charge in [0.05, 0.1) is 12.5 Å². The van der Waals surface area contributed by atoms with Crippen LogP contribution in [0, 0.1) is 6.92 Å². The number of carbonyl (C=O) groups is 6. The number of hydrogen-bond donors (Lipinski definition) is 3. The van der Waals surface area contributed by atoms with Crippen molar-refractivity contribution in [1.29, 1.82) is 0 Å². The third-order valence-electron chi connectivity index (χ3n) is 6.32. The minimum Gasteiger partial charge on any atom is -0.481 e. The van der Waals surface area contributed by atoms with Crippen molar-refractivity contribution in [2.75, 3.05) is 13.3 Å². The van der Waals surface area contributed by atoms with E-state index in [2.05, 4.69) is 10.6 Å². The van der Waals surface area contributed by atoms with Crippen LogP contribution in [-0.4, -0.2) is 82.5 Å². The molecule has 3 heterocycles. The zero-order valence-corrected chi connectivity index (χ0v) is 19.5. The van der Waals surface area contributed by atoms with E-state index in [-0.39, 0.29) is 44.1 Å². The fraction of sp³-hybridized carbons (Fsp3) is 0.478. The maximum Gasteiger partial charge on any atom is 0.305 e. The molecule has 13 heteroatoms. The number of amides is 4. The van der Waals surface area contributed by atoms with Crippen LogP contribution >= 0.6 is 0 Å². The maximum atomic E-state index is 13.5. The Bertz CT molecular complexity index is 1120. The number of carbonyl (C=O) groups excluding carboxylic acids is 5. The maximum absolute atomic E-state index is 13.5. The monoisotopic (exact) mass is 502 g/mol. The molecule has 0 aromatic heterocycles. The summed E-state index contributed by atoms with van der Waals surface area (Å²) in [6.07, 6.45) is 0.306. The van der Waals surface area contributed by atoms with Gasteiger partial charge in [0.15, 0.2) is 11.5 Å². The number of aryl methyl sites for hydroxylation is 1. The zero-order valence-electron chi connectivity index (χ0n) is 19.5. The van der Waals surface area contributed by atoms with Crippen LogP contribution in [0.15, 0.2) is 12.1 Å². The summed E-state index contributed by atoms with van der Waals surface area (Å²) in [6.45, 7) is 1.96. The number of nitrogens with one attached hydrogen (secondary N) is 2. The minimum absolute atomic E-state index is 0.0301. The Morgan fingerprint density at radius 1 is 1.19 bits per heavy atom. The number of benzene rings is 1. The van der Waals surface area contributed by atoms with E-state index in [0.29, 0.717) is 29.8 Å². The standard InChI is InChI=1S/C23H26N4O9/c1-12-7-17-18(36-11-35-17)9-14(12)21(32)25-15-4-5-19(29)26-6-2-3-16(27(26)23(15)34)22(33)24-13(10-28)8-20(30)31/h7,9-10,13,15-16H,2-6,8,11H2,1H3,(H,24,33)(H,25,32)(H,30,31). The van der Waals surface area contributed by atoms with Gasteiger partial charge in [0.2, 0.25) is 18.6 Å². The Kier molecular flexibility index (Phi) is 7.08. The molecule has 1 aromatic rings. The largest absolute Gasteiger partial charge is 0.481 e. The first-order valence-electron chi connectivity index (χ1n) is 11.5. The van der Waals surface area contributed by atoms with Crippen molar-refractivity contribution in [3.8, 4) is 11.5 Å². The molecule has 1 aromatic carbocycles. The number of carboxylic acid groups (broad SMARTS) is 1. The highest BCUT2D eigenvalue weighted by molar-refractivity contribution is 6.01. The summed E-state index contributed by atoms with van der Waals surface area (Å²) < 4.78 is 10.6. The van der Waals surface area contributed by atoms with Gasteiger partial charge in [-0.2, -0.15) is 0 Å². The molecule has 4 amide bonds. The molecular formula is C23H26N4O9.